The molecule has 0 aromatic rings. The summed E-state index contributed by atoms with van der Waals surface area (Å²) in [4.78, 5) is 0. The molecule has 0 fully saturated rings. The second-order valence-electron chi connectivity index (χ2n) is 3.25. The molecule has 1 aliphatic rings. The van der Waals surface area contributed by atoms with Gasteiger partial charge in [0.05, 0.1) is 0 Å². The van der Waals surface area contributed by atoms with E-state index >= 15 is 0 Å². The van der Waals surface area contributed by atoms with E-state index in [0.717, 1.165) is 5.70 Å². The van der Waals surface area contributed by atoms with Crippen LogP contribution in [0.15, 0.2) is 24.4 Å². The van der Waals surface area contributed by atoms with Crippen molar-refractivity contribution < 1.29 is 0 Å². The number of nitrogens with one attached hydrogen (secondary N) is 1. The number of rotatable bonds is 2. The Hall–Kier alpha value is -0.720. The smallest absolute Gasteiger partial charge is 0.0263 e. The monoisotopic (exact) mass is 151 g/mol. The van der Waals surface area contributed by atoms with Gasteiger partial charge in [-0.2, -0.15) is 0 Å². The molecular weight excluding hydrogens is 134 g/mol. The normalized spacial score (nSPS) is 19.4. The zero-order valence-electron chi connectivity index (χ0n) is 7.27. The summed E-state index contributed by atoms with van der Waals surface area (Å²) in [5.74, 6) is 0. The van der Waals surface area contributed by atoms with E-state index in [9.17, 15) is 0 Å². The van der Waals surface area contributed by atoms with Gasteiger partial charge >= 0.3 is 0 Å². The molecule has 0 bridgehead atoms. The fraction of sp³-hybridized carbons (Fsp3) is 0.600. The number of hydrogen-bond acceptors (Lipinski definition) is 1. The maximum Gasteiger partial charge on any atom is 0.0263 e. The SMILES string of the molecule is C=C(C)NC1CCC=CCC1. The molecule has 0 atom stereocenters. The van der Waals surface area contributed by atoms with E-state index < -0.39 is 0 Å². The van der Waals surface area contributed by atoms with Crippen LogP contribution in [0.2, 0.25) is 0 Å². The van der Waals surface area contributed by atoms with Crippen LogP contribution in [0.5, 0.6) is 0 Å². The Kier molecular flexibility index (Phi) is 3.21. The highest BCUT2D eigenvalue weighted by Crippen LogP contribution is 2.12. The van der Waals surface area contributed by atoms with Gasteiger partial charge in [-0.05, 0) is 32.6 Å². The van der Waals surface area contributed by atoms with E-state index in [1.165, 1.54) is 25.7 Å². The highest BCUT2D eigenvalue weighted by atomic mass is 14.9. The Morgan fingerprint density at radius 1 is 1.36 bits per heavy atom. The van der Waals surface area contributed by atoms with Gasteiger partial charge in [0.2, 0.25) is 0 Å². The molecule has 0 saturated carbocycles. The first-order valence-electron chi connectivity index (χ1n) is 4.36. The van der Waals surface area contributed by atoms with Crippen molar-refractivity contribution in [2.45, 2.75) is 38.6 Å². The number of hydrogen-bond donors (Lipinski definition) is 1. The molecule has 0 unspecified atom stereocenters. The molecule has 0 aliphatic heterocycles. The summed E-state index contributed by atoms with van der Waals surface area (Å²) in [7, 11) is 0. The van der Waals surface area contributed by atoms with Crippen molar-refractivity contribution in [1.29, 1.82) is 0 Å². The van der Waals surface area contributed by atoms with Gasteiger partial charge in [0.15, 0.2) is 0 Å². The minimum atomic E-state index is 0.655. The van der Waals surface area contributed by atoms with Crippen LogP contribution in [-0.4, -0.2) is 6.04 Å². The quantitative estimate of drug-likeness (QED) is 0.598. The summed E-state index contributed by atoms with van der Waals surface area (Å²) in [6, 6.07) is 0.655. The minimum Gasteiger partial charge on any atom is -0.386 e. The third kappa shape index (κ3) is 3.26. The molecule has 1 nitrogen and oxygen atoms in total. The highest BCUT2D eigenvalue weighted by molar-refractivity contribution is 4.94. The molecule has 1 rings (SSSR count). The molecule has 1 N–H and O–H groups in total. The predicted octanol–water partition coefficient (Wildman–Crippen LogP) is 2.61. The second kappa shape index (κ2) is 4.22. The third-order valence-corrected chi connectivity index (χ3v) is 1.98. The molecule has 0 heterocycles. The maximum absolute atomic E-state index is 3.85. The van der Waals surface area contributed by atoms with Crippen LogP contribution in [-0.2, 0) is 0 Å². The average Bonchev–Trinajstić information content (AvgIpc) is 2.14. The van der Waals surface area contributed by atoms with Crippen LogP contribution in [0.3, 0.4) is 0 Å². The lowest BCUT2D eigenvalue weighted by Gasteiger charge is -2.16. The van der Waals surface area contributed by atoms with Crippen LogP contribution in [0.25, 0.3) is 0 Å². The van der Waals surface area contributed by atoms with Gasteiger partial charge in [0, 0.05) is 11.7 Å². The summed E-state index contributed by atoms with van der Waals surface area (Å²) in [6.07, 6.45) is 9.49. The van der Waals surface area contributed by atoms with E-state index in [1.54, 1.807) is 0 Å². The summed E-state index contributed by atoms with van der Waals surface area (Å²) in [5, 5.41) is 3.39. The molecular formula is C10H17N. The van der Waals surface area contributed by atoms with Crippen molar-refractivity contribution >= 4 is 0 Å². The summed E-state index contributed by atoms with van der Waals surface area (Å²) < 4.78 is 0. The van der Waals surface area contributed by atoms with Crippen LogP contribution in [0.1, 0.15) is 32.6 Å². The Bertz CT molecular complexity index is 148. The first kappa shape index (κ1) is 8.38. The van der Waals surface area contributed by atoms with E-state index in [2.05, 4.69) is 24.0 Å². The third-order valence-electron chi connectivity index (χ3n) is 1.98. The largest absolute Gasteiger partial charge is 0.386 e. The van der Waals surface area contributed by atoms with Crippen molar-refractivity contribution in [2.75, 3.05) is 0 Å². The van der Waals surface area contributed by atoms with Gasteiger partial charge in [-0.1, -0.05) is 18.7 Å². The van der Waals surface area contributed by atoms with Crippen molar-refractivity contribution in [3.05, 3.63) is 24.4 Å². The highest BCUT2D eigenvalue weighted by Gasteiger charge is 2.07. The zero-order chi connectivity index (χ0) is 8.10. The van der Waals surface area contributed by atoms with Gasteiger partial charge in [-0.3, -0.25) is 0 Å². The Balaban J connectivity index is 2.29. The molecule has 0 radical (unpaired) electrons. The summed E-state index contributed by atoms with van der Waals surface area (Å²) >= 11 is 0. The van der Waals surface area contributed by atoms with Gasteiger partial charge in [0.25, 0.3) is 0 Å². The lowest BCUT2D eigenvalue weighted by molar-refractivity contribution is 0.510. The first-order chi connectivity index (χ1) is 5.29. The first-order valence-corrected chi connectivity index (χ1v) is 4.36. The van der Waals surface area contributed by atoms with Crippen LogP contribution in [0, 0.1) is 0 Å². The molecule has 0 aromatic heterocycles. The molecule has 0 aromatic carbocycles. The van der Waals surface area contributed by atoms with Gasteiger partial charge in [-0.25, -0.2) is 0 Å². The standard InChI is InChI=1S/C10H17N/c1-9(2)11-10-7-5-3-4-6-8-10/h3-4,10-11H,1,5-8H2,2H3. The van der Waals surface area contributed by atoms with Crippen molar-refractivity contribution in [3.63, 3.8) is 0 Å². The second-order valence-corrected chi connectivity index (χ2v) is 3.25. The Morgan fingerprint density at radius 2 is 1.91 bits per heavy atom. The Labute approximate surface area is 69.2 Å². The van der Waals surface area contributed by atoms with Crippen LogP contribution >= 0.6 is 0 Å². The fourth-order valence-electron chi connectivity index (χ4n) is 1.47. The predicted molar refractivity (Wildman–Crippen MR) is 49.3 cm³/mol. The van der Waals surface area contributed by atoms with Crippen LogP contribution < -0.4 is 5.32 Å². The minimum absolute atomic E-state index is 0.655. The lowest BCUT2D eigenvalue weighted by atomic mass is 10.1. The fourth-order valence-corrected chi connectivity index (χ4v) is 1.47. The topological polar surface area (TPSA) is 12.0 Å². The Morgan fingerprint density at radius 3 is 2.36 bits per heavy atom. The number of allylic oxidation sites excluding steroid dienone is 3. The molecule has 0 amide bonds. The maximum atomic E-state index is 3.85. The molecule has 62 valence electrons. The van der Waals surface area contributed by atoms with Gasteiger partial charge < -0.3 is 5.32 Å². The summed E-state index contributed by atoms with van der Waals surface area (Å²) in [5.41, 5.74) is 1.09. The molecule has 11 heavy (non-hydrogen) atoms. The zero-order valence-corrected chi connectivity index (χ0v) is 7.27. The molecule has 1 heteroatoms. The van der Waals surface area contributed by atoms with Crippen LogP contribution in [0.4, 0.5) is 0 Å². The van der Waals surface area contributed by atoms with Gasteiger partial charge in [-0.15, -0.1) is 0 Å². The van der Waals surface area contributed by atoms with E-state index in [0.29, 0.717) is 6.04 Å². The molecule has 0 spiro atoms. The average molecular weight is 151 g/mol. The molecule has 0 saturated heterocycles. The van der Waals surface area contributed by atoms with E-state index in [-0.39, 0.29) is 0 Å². The molecule has 1 aliphatic carbocycles. The van der Waals surface area contributed by atoms with Crippen molar-refractivity contribution in [1.82, 2.24) is 5.32 Å². The van der Waals surface area contributed by atoms with E-state index in [4.69, 9.17) is 0 Å². The lowest BCUT2D eigenvalue weighted by Crippen LogP contribution is -2.26. The van der Waals surface area contributed by atoms with E-state index in [1.807, 2.05) is 6.92 Å². The van der Waals surface area contributed by atoms with Crippen molar-refractivity contribution in [2.24, 2.45) is 0 Å². The van der Waals surface area contributed by atoms with Gasteiger partial charge in [0.1, 0.15) is 0 Å². The van der Waals surface area contributed by atoms with Crippen molar-refractivity contribution in [3.8, 4) is 0 Å². The summed E-state index contributed by atoms with van der Waals surface area (Å²) in [6.45, 7) is 5.87.